The van der Waals surface area contributed by atoms with Crippen LogP contribution in [0.1, 0.15) is 76.6 Å². The Hall–Kier alpha value is -4.46. The van der Waals surface area contributed by atoms with E-state index in [1.165, 1.54) is 24.1 Å². The van der Waals surface area contributed by atoms with Crippen LogP contribution in [0.5, 0.6) is 5.75 Å². The summed E-state index contributed by atoms with van der Waals surface area (Å²) in [5.41, 5.74) is 1.82. The lowest BCUT2D eigenvalue weighted by Crippen LogP contribution is -2.50. The predicted octanol–water partition coefficient (Wildman–Crippen LogP) is 7.30. The number of sulfone groups is 1. The Morgan fingerprint density at radius 3 is 2.37 bits per heavy atom. The molecular weight excluding hydrogens is 722 g/mol. The van der Waals surface area contributed by atoms with Gasteiger partial charge in [-0.2, -0.15) is 0 Å². The van der Waals surface area contributed by atoms with E-state index in [1.54, 1.807) is 17.0 Å². The third-order valence-corrected chi connectivity index (χ3v) is 11.5. The van der Waals surface area contributed by atoms with Gasteiger partial charge in [-0.25, -0.2) is 31.2 Å². The number of hydrogen-bond donors (Lipinski definition) is 1. The molecule has 0 aromatic heterocycles. The normalized spacial score (nSPS) is 19.4. The number of piperidine rings is 1. The molecule has 2 heterocycles. The van der Waals surface area contributed by atoms with E-state index < -0.39 is 62.3 Å². The molecule has 3 amide bonds. The molecule has 6 rings (SSSR count). The molecule has 1 N–H and O–H groups in total. The average Bonchev–Trinajstić information content (AvgIpc) is 3.34. The van der Waals surface area contributed by atoms with Crippen molar-refractivity contribution in [2.75, 3.05) is 48.5 Å². The monoisotopic (exact) mass is 770 g/mol. The van der Waals surface area contributed by atoms with Crippen LogP contribution >= 0.6 is 0 Å². The van der Waals surface area contributed by atoms with E-state index in [2.05, 4.69) is 10.2 Å². The number of rotatable bonds is 7. The van der Waals surface area contributed by atoms with Gasteiger partial charge in [0, 0.05) is 43.6 Å². The van der Waals surface area contributed by atoms with Gasteiger partial charge < -0.3 is 24.6 Å². The molecule has 1 aliphatic carbocycles. The van der Waals surface area contributed by atoms with E-state index in [0.29, 0.717) is 55.9 Å². The fourth-order valence-electron chi connectivity index (χ4n) is 7.99. The lowest BCUT2D eigenvalue weighted by atomic mass is 9.73. The van der Waals surface area contributed by atoms with Crippen LogP contribution in [-0.2, 0) is 26.4 Å². The Kier molecular flexibility index (Phi) is 10.4. The molecule has 10 nitrogen and oxygen atoms in total. The molecular formula is C40H49F3N4O6S. The van der Waals surface area contributed by atoms with Crippen molar-refractivity contribution in [1.82, 2.24) is 10.2 Å². The molecule has 1 saturated heterocycles. The average molecular weight is 771 g/mol. The van der Waals surface area contributed by atoms with Gasteiger partial charge in [0.05, 0.1) is 30.1 Å². The maximum atomic E-state index is 14.8. The van der Waals surface area contributed by atoms with Gasteiger partial charge in [-0.15, -0.1) is 0 Å². The Morgan fingerprint density at radius 1 is 1.02 bits per heavy atom. The zero-order valence-corrected chi connectivity index (χ0v) is 32.7. The SMILES string of the molecule is CN(C(=O)NC1CC2(CCN(c3ccc4c(c3)OC(C)(C)CN4C(=O)OC(C)(C)C)CC2)c2cc(F)ccc21)[C@H](Cc1ccc(F)c(F)c1)CS(C)(=O)=O. The number of likely N-dealkylation sites (N-methyl/N-ethyl adjacent to an activating group) is 1. The number of nitrogens with zero attached hydrogens (tertiary/aromatic N) is 3. The number of ether oxygens (including phenoxy) is 2. The lowest BCUT2D eigenvalue weighted by Gasteiger charge is -2.43. The number of carbonyl (C=O) groups is 2. The van der Waals surface area contributed by atoms with E-state index in [4.69, 9.17) is 9.47 Å². The molecule has 1 spiro atoms. The van der Waals surface area contributed by atoms with Crippen molar-refractivity contribution in [2.45, 2.75) is 89.0 Å². The van der Waals surface area contributed by atoms with Crippen molar-refractivity contribution >= 4 is 33.3 Å². The van der Waals surface area contributed by atoms with Crippen LogP contribution in [-0.4, -0.2) is 81.4 Å². The second-order valence-electron chi connectivity index (χ2n) is 16.6. The molecule has 3 aliphatic rings. The second kappa shape index (κ2) is 14.3. The number of halogens is 3. The first-order chi connectivity index (χ1) is 25.1. The first kappa shape index (κ1) is 39.2. The first-order valence-corrected chi connectivity index (χ1v) is 20.2. The number of hydrogen-bond acceptors (Lipinski definition) is 7. The number of benzene rings is 3. The maximum Gasteiger partial charge on any atom is 0.415 e. The summed E-state index contributed by atoms with van der Waals surface area (Å²) in [6, 6.07) is 11.9. The Labute approximate surface area is 315 Å². The van der Waals surface area contributed by atoms with Gasteiger partial charge in [-0.3, -0.25) is 4.90 Å². The van der Waals surface area contributed by atoms with Crippen molar-refractivity contribution in [2.24, 2.45) is 0 Å². The van der Waals surface area contributed by atoms with Gasteiger partial charge in [0.25, 0.3) is 0 Å². The summed E-state index contributed by atoms with van der Waals surface area (Å²) in [7, 11) is -2.08. The maximum absolute atomic E-state index is 14.8. The standard InChI is InChI=1S/C40H49F3N4O6S/c1-38(2,3)53-37(49)47-24-39(4,5)52-35-21-27(10-13-34(35)47)46-16-14-40(15-17-46)22-33(29-11-9-26(41)20-30(29)40)44-36(48)45(6)28(23-54(7,50)51)18-25-8-12-31(42)32(43)19-25/h8-13,19-21,28,33H,14-18,22-24H2,1-7H3,(H,44,48)/t28-,33?/m1/s1. The highest BCUT2D eigenvalue weighted by atomic mass is 32.2. The fraction of sp³-hybridized carbons (Fsp3) is 0.500. The van der Waals surface area contributed by atoms with Crippen LogP contribution in [0, 0.1) is 17.5 Å². The number of amides is 3. The predicted molar refractivity (Wildman–Crippen MR) is 201 cm³/mol. The minimum atomic E-state index is -3.56. The quantitative estimate of drug-likeness (QED) is 0.269. The van der Waals surface area contributed by atoms with Crippen LogP contribution in [0.4, 0.5) is 34.1 Å². The molecule has 0 saturated carbocycles. The van der Waals surface area contributed by atoms with E-state index in [0.717, 1.165) is 35.2 Å². The molecule has 292 valence electrons. The van der Waals surface area contributed by atoms with E-state index in [1.807, 2.05) is 52.8 Å². The minimum Gasteiger partial charge on any atom is -0.484 e. The van der Waals surface area contributed by atoms with Crippen molar-refractivity contribution in [3.8, 4) is 5.75 Å². The molecule has 1 fully saturated rings. The van der Waals surface area contributed by atoms with Crippen molar-refractivity contribution in [1.29, 1.82) is 0 Å². The van der Waals surface area contributed by atoms with Crippen LogP contribution in [0.15, 0.2) is 54.6 Å². The zero-order valence-electron chi connectivity index (χ0n) is 31.8. The van der Waals surface area contributed by atoms with Crippen LogP contribution in [0.25, 0.3) is 0 Å². The Balaban J connectivity index is 1.18. The molecule has 3 aromatic rings. The highest BCUT2D eigenvalue weighted by Crippen LogP contribution is 2.52. The third kappa shape index (κ3) is 8.58. The zero-order chi connectivity index (χ0) is 39.4. The summed E-state index contributed by atoms with van der Waals surface area (Å²) in [6.45, 7) is 10.9. The van der Waals surface area contributed by atoms with Crippen LogP contribution in [0.3, 0.4) is 0 Å². The second-order valence-corrected chi connectivity index (χ2v) is 18.8. The van der Waals surface area contributed by atoms with Crippen molar-refractivity contribution in [3.63, 3.8) is 0 Å². The van der Waals surface area contributed by atoms with E-state index in [9.17, 15) is 31.2 Å². The largest absolute Gasteiger partial charge is 0.484 e. The van der Waals surface area contributed by atoms with Crippen molar-refractivity contribution < 1.29 is 40.7 Å². The fourth-order valence-corrected chi connectivity index (χ4v) is 9.03. The minimum absolute atomic E-state index is 0.00923. The molecule has 54 heavy (non-hydrogen) atoms. The summed E-state index contributed by atoms with van der Waals surface area (Å²) in [6.07, 6.45) is 2.47. The lowest BCUT2D eigenvalue weighted by molar-refractivity contribution is 0.0484. The highest BCUT2D eigenvalue weighted by Gasteiger charge is 2.47. The summed E-state index contributed by atoms with van der Waals surface area (Å²) in [5.74, 6) is -2.25. The van der Waals surface area contributed by atoms with Gasteiger partial charge in [-0.05, 0) is 113 Å². The number of anilines is 2. The highest BCUT2D eigenvalue weighted by molar-refractivity contribution is 7.90. The molecule has 1 unspecified atom stereocenters. The van der Waals surface area contributed by atoms with Crippen LogP contribution in [0.2, 0.25) is 0 Å². The van der Waals surface area contributed by atoms with Gasteiger partial charge in [0.2, 0.25) is 0 Å². The summed E-state index contributed by atoms with van der Waals surface area (Å²) >= 11 is 0. The smallest absolute Gasteiger partial charge is 0.415 e. The topological polar surface area (TPSA) is 108 Å². The molecule has 3 aromatic carbocycles. The molecule has 0 radical (unpaired) electrons. The van der Waals surface area contributed by atoms with E-state index in [-0.39, 0.29) is 18.0 Å². The number of nitrogens with one attached hydrogen (secondary N) is 1. The first-order valence-electron chi connectivity index (χ1n) is 18.2. The van der Waals surface area contributed by atoms with E-state index >= 15 is 0 Å². The van der Waals surface area contributed by atoms with Gasteiger partial charge in [-0.1, -0.05) is 12.1 Å². The molecule has 2 aliphatic heterocycles. The van der Waals surface area contributed by atoms with Crippen LogP contribution < -0.4 is 19.9 Å². The van der Waals surface area contributed by atoms with Gasteiger partial charge in [0.1, 0.15) is 32.6 Å². The third-order valence-electron chi connectivity index (χ3n) is 10.5. The molecule has 0 bridgehead atoms. The van der Waals surface area contributed by atoms with Gasteiger partial charge in [0.15, 0.2) is 11.6 Å². The summed E-state index contributed by atoms with van der Waals surface area (Å²) in [5, 5.41) is 3.07. The van der Waals surface area contributed by atoms with Gasteiger partial charge >= 0.3 is 12.1 Å². The number of carbonyl (C=O) groups excluding carboxylic acids is 2. The Morgan fingerprint density at radius 2 is 1.72 bits per heavy atom. The molecule has 2 atom stereocenters. The van der Waals surface area contributed by atoms with Crippen molar-refractivity contribution in [3.05, 3.63) is 88.7 Å². The Bertz CT molecular complexity index is 2040. The number of urea groups is 1. The summed E-state index contributed by atoms with van der Waals surface area (Å²) < 4.78 is 79.2. The summed E-state index contributed by atoms with van der Waals surface area (Å²) in [4.78, 5) is 32.1. The number of fused-ring (bicyclic) bond motifs is 3. The molecule has 14 heteroatoms.